The summed E-state index contributed by atoms with van der Waals surface area (Å²) in [5.74, 6) is -0.148. The van der Waals surface area contributed by atoms with Crippen molar-refractivity contribution in [1.29, 1.82) is 0 Å². The Balaban J connectivity index is 1.24. The summed E-state index contributed by atoms with van der Waals surface area (Å²) in [6.45, 7) is 8.03. The monoisotopic (exact) mass is 614 g/mol. The molecule has 8 nitrogen and oxygen atoms in total. The molecule has 1 spiro atoms. The van der Waals surface area contributed by atoms with Gasteiger partial charge in [0.1, 0.15) is 5.82 Å². The molecule has 3 aromatic rings. The minimum Gasteiger partial charge on any atom is -0.371 e. The van der Waals surface area contributed by atoms with Gasteiger partial charge in [0.05, 0.1) is 23.6 Å². The van der Waals surface area contributed by atoms with Crippen LogP contribution >= 0.6 is 11.3 Å². The summed E-state index contributed by atoms with van der Waals surface area (Å²) in [7, 11) is -3.73. The summed E-state index contributed by atoms with van der Waals surface area (Å²) in [6, 6.07) is 13.4. The van der Waals surface area contributed by atoms with Crippen LogP contribution in [0.3, 0.4) is 0 Å². The molecule has 1 aromatic heterocycles. The number of nitrogens with zero attached hydrogens (tertiary/aromatic N) is 3. The van der Waals surface area contributed by atoms with Gasteiger partial charge in [0.15, 0.2) is 5.13 Å². The van der Waals surface area contributed by atoms with Crippen LogP contribution < -0.4 is 5.32 Å². The Hall–Kier alpha value is -2.70. The van der Waals surface area contributed by atoms with Gasteiger partial charge in [0, 0.05) is 36.6 Å². The fraction of sp³-hybridized carbons (Fsp3) is 0.484. The molecule has 2 saturated heterocycles. The summed E-state index contributed by atoms with van der Waals surface area (Å²) in [5, 5.41) is 3.35. The predicted molar refractivity (Wildman–Crippen MR) is 163 cm³/mol. The number of likely N-dealkylation sites (tertiary alicyclic amines) is 1. The number of hydrogen-bond donors (Lipinski definition) is 1. The molecule has 0 saturated carbocycles. The number of piperidine rings is 1. The number of sulfonamides is 1. The van der Waals surface area contributed by atoms with Crippen LogP contribution in [0.25, 0.3) is 0 Å². The van der Waals surface area contributed by atoms with Crippen LogP contribution in [0.4, 0.5) is 9.52 Å². The molecule has 0 aliphatic carbocycles. The summed E-state index contributed by atoms with van der Waals surface area (Å²) < 4.78 is 49.9. The molecule has 2 aliphatic heterocycles. The lowest BCUT2D eigenvalue weighted by atomic mass is 9.89. The number of rotatable bonds is 9. The van der Waals surface area contributed by atoms with Crippen molar-refractivity contribution in [1.82, 2.24) is 14.2 Å². The number of ether oxygens (including phenoxy) is 1. The lowest BCUT2D eigenvalue weighted by molar-refractivity contribution is -0.146. The standard InChI is InChI=1S/C31H39FN4O4S2/c1-22(2)15-25-19-40-31(21-36(25)42(38,39)27-11-9-23(3)10-12-27)13-6-14-35(20-31)18-29(37)34-30-33-17-26(41-30)16-24-7-4-5-8-28(24)32/h4-5,7-12,17,22,25H,6,13-16,18-21H2,1-3H3,(H,33,34,37)/t25-,31?/m0/s1. The number of aryl methyl sites for hydroxylation is 1. The number of benzene rings is 2. The highest BCUT2D eigenvalue weighted by molar-refractivity contribution is 7.89. The molecule has 2 atom stereocenters. The third kappa shape index (κ3) is 7.26. The van der Waals surface area contributed by atoms with Crippen LogP contribution in [0.1, 0.15) is 49.1 Å². The third-order valence-electron chi connectivity index (χ3n) is 7.91. The average Bonchev–Trinajstić information content (AvgIpc) is 3.37. The van der Waals surface area contributed by atoms with Gasteiger partial charge in [0.25, 0.3) is 0 Å². The molecule has 5 rings (SSSR count). The van der Waals surface area contributed by atoms with Crippen molar-refractivity contribution >= 4 is 32.4 Å². The van der Waals surface area contributed by atoms with Gasteiger partial charge in [-0.1, -0.05) is 49.7 Å². The van der Waals surface area contributed by atoms with Crippen LogP contribution in [0.2, 0.25) is 0 Å². The lowest BCUT2D eigenvalue weighted by Gasteiger charge is -2.50. The molecule has 2 aromatic carbocycles. The van der Waals surface area contributed by atoms with Crippen LogP contribution in [0.15, 0.2) is 59.6 Å². The molecule has 226 valence electrons. The van der Waals surface area contributed by atoms with Gasteiger partial charge in [-0.15, -0.1) is 11.3 Å². The minimum absolute atomic E-state index is 0.146. The minimum atomic E-state index is -3.73. The van der Waals surface area contributed by atoms with Crippen molar-refractivity contribution < 1.29 is 22.3 Å². The van der Waals surface area contributed by atoms with E-state index in [0.29, 0.717) is 47.5 Å². The number of amides is 1. The molecule has 0 bridgehead atoms. The van der Waals surface area contributed by atoms with Gasteiger partial charge < -0.3 is 10.1 Å². The van der Waals surface area contributed by atoms with Gasteiger partial charge in [-0.2, -0.15) is 4.31 Å². The highest BCUT2D eigenvalue weighted by Crippen LogP contribution is 2.35. The topological polar surface area (TPSA) is 91.8 Å². The molecule has 0 radical (unpaired) electrons. The quantitative estimate of drug-likeness (QED) is 0.361. The fourth-order valence-corrected chi connectivity index (χ4v) is 8.43. The molecular weight excluding hydrogens is 575 g/mol. The first kappa shape index (κ1) is 30.7. The van der Waals surface area contributed by atoms with Crippen molar-refractivity contribution in [3.05, 3.63) is 76.5 Å². The summed E-state index contributed by atoms with van der Waals surface area (Å²) >= 11 is 1.33. The Morgan fingerprint density at radius 3 is 2.69 bits per heavy atom. The maximum atomic E-state index is 14.0. The molecule has 1 N–H and O–H groups in total. The number of thiazole rings is 1. The second-order valence-corrected chi connectivity index (χ2v) is 14.9. The van der Waals surface area contributed by atoms with Gasteiger partial charge >= 0.3 is 0 Å². The molecule has 3 heterocycles. The Labute approximate surface area is 252 Å². The molecule has 2 fully saturated rings. The summed E-state index contributed by atoms with van der Waals surface area (Å²) in [5.41, 5.74) is 0.906. The normalized spacial score (nSPS) is 22.1. The smallest absolute Gasteiger partial charge is 0.243 e. The van der Waals surface area contributed by atoms with Crippen molar-refractivity contribution in [2.45, 2.75) is 63.0 Å². The highest BCUT2D eigenvalue weighted by Gasteiger charge is 2.47. The zero-order chi connectivity index (χ0) is 29.9. The third-order valence-corrected chi connectivity index (χ3v) is 10.7. The van der Waals surface area contributed by atoms with E-state index in [0.717, 1.165) is 29.8 Å². The highest BCUT2D eigenvalue weighted by atomic mass is 32.2. The van der Waals surface area contributed by atoms with Crippen molar-refractivity contribution in [3.8, 4) is 0 Å². The molecule has 11 heteroatoms. The van der Waals surface area contributed by atoms with E-state index >= 15 is 0 Å². The van der Waals surface area contributed by atoms with E-state index in [-0.39, 0.29) is 30.9 Å². The largest absolute Gasteiger partial charge is 0.371 e. The zero-order valence-electron chi connectivity index (χ0n) is 24.4. The SMILES string of the molecule is Cc1ccc(S(=O)(=O)N2CC3(CCCN(CC(=O)Nc4ncc(Cc5ccccc5F)s4)C3)OC[C@@H]2CC(C)C)cc1. The van der Waals surface area contributed by atoms with Crippen LogP contribution in [0, 0.1) is 18.7 Å². The van der Waals surface area contributed by atoms with Crippen LogP contribution in [0.5, 0.6) is 0 Å². The van der Waals surface area contributed by atoms with E-state index in [9.17, 15) is 17.6 Å². The number of nitrogens with one attached hydrogen (secondary N) is 1. The van der Waals surface area contributed by atoms with E-state index in [1.54, 1.807) is 40.8 Å². The van der Waals surface area contributed by atoms with E-state index < -0.39 is 15.6 Å². The Morgan fingerprint density at radius 1 is 1.19 bits per heavy atom. The van der Waals surface area contributed by atoms with E-state index in [1.807, 2.05) is 24.0 Å². The number of carbonyl (C=O) groups is 1. The van der Waals surface area contributed by atoms with Crippen LogP contribution in [-0.2, 0) is 26.0 Å². The molecule has 1 amide bonds. The second kappa shape index (κ2) is 12.9. The summed E-state index contributed by atoms with van der Waals surface area (Å²) in [6.07, 6.45) is 4.30. The molecular formula is C31H39FN4O4S2. The number of hydrogen-bond acceptors (Lipinski definition) is 7. The number of anilines is 1. The Kier molecular flexibility index (Phi) is 9.44. The Morgan fingerprint density at radius 2 is 1.95 bits per heavy atom. The summed E-state index contributed by atoms with van der Waals surface area (Å²) in [4.78, 5) is 20.5. The second-order valence-electron chi connectivity index (χ2n) is 11.9. The van der Waals surface area contributed by atoms with Gasteiger partial charge in [-0.3, -0.25) is 9.69 Å². The molecule has 1 unspecified atom stereocenters. The maximum Gasteiger partial charge on any atom is 0.243 e. The fourth-order valence-electron chi connectivity index (χ4n) is 5.88. The number of carbonyl (C=O) groups excluding carboxylic acids is 1. The van der Waals surface area contributed by atoms with E-state index in [2.05, 4.69) is 24.1 Å². The number of halogens is 1. The molecule has 42 heavy (non-hydrogen) atoms. The first-order valence-electron chi connectivity index (χ1n) is 14.5. The predicted octanol–water partition coefficient (Wildman–Crippen LogP) is 5.09. The average molecular weight is 615 g/mol. The lowest BCUT2D eigenvalue weighted by Crippen LogP contribution is -2.64. The van der Waals surface area contributed by atoms with Crippen molar-refractivity contribution in [2.75, 3.05) is 38.1 Å². The number of morpholine rings is 1. The van der Waals surface area contributed by atoms with E-state index in [4.69, 9.17) is 4.74 Å². The van der Waals surface area contributed by atoms with Crippen LogP contribution in [-0.4, -0.2) is 72.9 Å². The molecule has 2 aliphatic rings. The zero-order valence-corrected chi connectivity index (χ0v) is 26.0. The van der Waals surface area contributed by atoms with Gasteiger partial charge in [-0.05, 0) is 62.4 Å². The maximum absolute atomic E-state index is 14.0. The number of aromatic nitrogens is 1. The van der Waals surface area contributed by atoms with Crippen molar-refractivity contribution in [3.63, 3.8) is 0 Å². The van der Waals surface area contributed by atoms with Gasteiger partial charge in [-0.25, -0.2) is 17.8 Å². The first-order valence-corrected chi connectivity index (χ1v) is 16.7. The first-order chi connectivity index (χ1) is 20.0. The van der Waals surface area contributed by atoms with Gasteiger partial charge in [0.2, 0.25) is 15.9 Å². The van der Waals surface area contributed by atoms with Crippen molar-refractivity contribution in [2.24, 2.45) is 5.92 Å². The Bertz CT molecular complexity index is 1490. The van der Waals surface area contributed by atoms with E-state index in [1.165, 1.54) is 17.4 Å².